The summed E-state index contributed by atoms with van der Waals surface area (Å²) < 4.78 is 25.5. The van der Waals surface area contributed by atoms with Crippen LogP contribution in [-0.2, 0) is 16.6 Å². The van der Waals surface area contributed by atoms with E-state index in [1.54, 1.807) is 30.3 Å². The summed E-state index contributed by atoms with van der Waals surface area (Å²) in [6.07, 6.45) is 0. The molecule has 0 saturated carbocycles. The van der Waals surface area contributed by atoms with E-state index in [0.717, 1.165) is 0 Å². The lowest BCUT2D eigenvalue weighted by molar-refractivity contribution is 0.595. The quantitative estimate of drug-likeness (QED) is 0.878. The second-order valence-electron chi connectivity index (χ2n) is 3.76. The third kappa shape index (κ3) is 2.89. The highest BCUT2D eigenvalue weighted by atomic mass is 35.5. The normalized spacial score (nSPS) is 12.3. The third-order valence-electron chi connectivity index (χ3n) is 2.47. The first-order chi connectivity index (χ1) is 8.58. The number of hydrogen-bond acceptors (Lipinski definition) is 2. The fourth-order valence-corrected chi connectivity index (χ4v) is 2.95. The summed E-state index contributed by atoms with van der Waals surface area (Å²) in [7, 11) is -1.48. The molecule has 2 nitrogen and oxygen atoms in total. The molecular formula is C13H11ClFNOS. The molecular weight excluding hydrogens is 273 g/mol. The maximum absolute atomic E-state index is 13.5. The summed E-state index contributed by atoms with van der Waals surface area (Å²) in [6, 6.07) is 11.0. The van der Waals surface area contributed by atoms with Crippen molar-refractivity contribution in [1.82, 2.24) is 0 Å². The zero-order valence-corrected chi connectivity index (χ0v) is 11.0. The van der Waals surface area contributed by atoms with Gasteiger partial charge in [0, 0.05) is 10.7 Å². The van der Waals surface area contributed by atoms with Crippen LogP contribution in [0.3, 0.4) is 0 Å². The Hall–Kier alpha value is -1.39. The fourth-order valence-electron chi connectivity index (χ4n) is 1.55. The van der Waals surface area contributed by atoms with Gasteiger partial charge in [-0.3, -0.25) is 4.21 Å². The highest BCUT2D eigenvalue weighted by Crippen LogP contribution is 2.22. The van der Waals surface area contributed by atoms with Crippen LogP contribution in [0.2, 0.25) is 5.02 Å². The summed E-state index contributed by atoms with van der Waals surface area (Å²) in [6.45, 7) is 0. The molecule has 0 heterocycles. The molecule has 94 valence electrons. The molecule has 0 aromatic heterocycles. The number of hydrogen-bond donors (Lipinski definition) is 1. The van der Waals surface area contributed by atoms with Crippen LogP contribution in [0.5, 0.6) is 0 Å². The zero-order valence-electron chi connectivity index (χ0n) is 9.40. The Bertz CT molecular complexity index is 603. The Labute approximate surface area is 112 Å². The molecule has 5 heteroatoms. The Morgan fingerprint density at radius 2 is 1.94 bits per heavy atom. The van der Waals surface area contributed by atoms with Gasteiger partial charge in [-0.2, -0.15) is 0 Å². The monoisotopic (exact) mass is 283 g/mol. The van der Waals surface area contributed by atoms with Crippen LogP contribution in [0.25, 0.3) is 0 Å². The SMILES string of the molecule is Nc1ccc(Cl)cc1CS(=O)c1ccccc1F. The molecule has 18 heavy (non-hydrogen) atoms. The van der Waals surface area contributed by atoms with Crippen molar-refractivity contribution < 1.29 is 8.60 Å². The van der Waals surface area contributed by atoms with Gasteiger partial charge in [0.25, 0.3) is 0 Å². The van der Waals surface area contributed by atoms with Gasteiger partial charge in [0.1, 0.15) is 5.82 Å². The van der Waals surface area contributed by atoms with Crippen molar-refractivity contribution in [3.8, 4) is 0 Å². The van der Waals surface area contributed by atoms with E-state index in [9.17, 15) is 8.60 Å². The molecule has 1 atom stereocenters. The molecule has 0 aliphatic heterocycles. The van der Waals surface area contributed by atoms with Crippen molar-refractivity contribution in [2.24, 2.45) is 0 Å². The second kappa shape index (κ2) is 5.50. The Morgan fingerprint density at radius 1 is 1.22 bits per heavy atom. The number of rotatable bonds is 3. The first-order valence-electron chi connectivity index (χ1n) is 5.25. The number of anilines is 1. The van der Waals surface area contributed by atoms with Crippen LogP contribution in [0.15, 0.2) is 47.4 Å². The molecule has 0 aliphatic rings. The number of halogens is 2. The van der Waals surface area contributed by atoms with Gasteiger partial charge in [0.05, 0.1) is 21.4 Å². The van der Waals surface area contributed by atoms with Crippen LogP contribution < -0.4 is 5.73 Å². The summed E-state index contributed by atoms with van der Waals surface area (Å²) in [5.74, 6) is -0.329. The number of benzene rings is 2. The van der Waals surface area contributed by atoms with E-state index >= 15 is 0 Å². The third-order valence-corrected chi connectivity index (χ3v) is 4.10. The van der Waals surface area contributed by atoms with E-state index in [4.69, 9.17) is 17.3 Å². The Balaban J connectivity index is 2.27. The summed E-state index contributed by atoms with van der Waals surface area (Å²) >= 11 is 5.85. The molecule has 2 rings (SSSR count). The molecule has 0 aliphatic carbocycles. The molecule has 2 N–H and O–H groups in total. The minimum atomic E-state index is -1.48. The predicted octanol–water partition coefficient (Wildman–Crippen LogP) is 3.37. The zero-order chi connectivity index (χ0) is 13.1. The first-order valence-corrected chi connectivity index (χ1v) is 6.94. The minimum Gasteiger partial charge on any atom is -0.398 e. The van der Waals surface area contributed by atoms with Crippen LogP contribution in [0.4, 0.5) is 10.1 Å². The molecule has 2 aromatic rings. The molecule has 0 bridgehead atoms. The van der Waals surface area contributed by atoms with Gasteiger partial charge in [-0.05, 0) is 35.9 Å². The molecule has 0 saturated heterocycles. The van der Waals surface area contributed by atoms with Crippen molar-refractivity contribution in [3.05, 3.63) is 58.9 Å². The van der Waals surface area contributed by atoms with Crippen molar-refractivity contribution in [3.63, 3.8) is 0 Å². The van der Waals surface area contributed by atoms with E-state index in [0.29, 0.717) is 16.3 Å². The van der Waals surface area contributed by atoms with Crippen molar-refractivity contribution in [1.29, 1.82) is 0 Å². The molecule has 0 fully saturated rings. The molecule has 0 radical (unpaired) electrons. The van der Waals surface area contributed by atoms with Gasteiger partial charge in [-0.25, -0.2) is 4.39 Å². The van der Waals surface area contributed by atoms with Gasteiger partial charge in [0.15, 0.2) is 0 Å². The largest absolute Gasteiger partial charge is 0.398 e. The average Bonchev–Trinajstić information content (AvgIpc) is 2.34. The van der Waals surface area contributed by atoms with E-state index in [1.165, 1.54) is 12.1 Å². The lowest BCUT2D eigenvalue weighted by atomic mass is 10.2. The van der Waals surface area contributed by atoms with E-state index in [-0.39, 0.29) is 10.6 Å². The highest BCUT2D eigenvalue weighted by Gasteiger charge is 2.11. The lowest BCUT2D eigenvalue weighted by Crippen LogP contribution is -2.02. The molecule has 1 unspecified atom stereocenters. The predicted molar refractivity (Wildman–Crippen MR) is 72.4 cm³/mol. The van der Waals surface area contributed by atoms with Crippen LogP contribution in [-0.4, -0.2) is 4.21 Å². The number of nitrogens with two attached hydrogens (primary N) is 1. The summed E-state index contributed by atoms with van der Waals surface area (Å²) in [5, 5.41) is 0.518. The first kappa shape index (κ1) is 13.1. The standard InChI is InChI=1S/C13H11ClFNOS/c14-10-5-6-12(16)9(7-10)8-18(17)13-4-2-1-3-11(13)15/h1-7H,8,16H2. The van der Waals surface area contributed by atoms with Crippen LogP contribution >= 0.6 is 11.6 Å². The van der Waals surface area contributed by atoms with Crippen LogP contribution in [0.1, 0.15) is 5.56 Å². The van der Waals surface area contributed by atoms with Gasteiger partial charge < -0.3 is 5.73 Å². The van der Waals surface area contributed by atoms with Gasteiger partial charge >= 0.3 is 0 Å². The highest BCUT2D eigenvalue weighted by molar-refractivity contribution is 7.84. The molecule has 2 aromatic carbocycles. The van der Waals surface area contributed by atoms with Gasteiger partial charge in [0.2, 0.25) is 0 Å². The average molecular weight is 284 g/mol. The fraction of sp³-hybridized carbons (Fsp3) is 0.0769. The smallest absolute Gasteiger partial charge is 0.139 e. The van der Waals surface area contributed by atoms with Crippen LogP contribution in [0, 0.1) is 5.82 Å². The van der Waals surface area contributed by atoms with E-state index in [1.807, 2.05) is 0 Å². The Kier molecular flexibility index (Phi) is 3.99. The minimum absolute atomic E-state index is 0.146. The molecule has 0 amide bonds. The topological polar surface area (TPSA) is 43.1 Å². The maximum atomic E-state index is 13.5. The Morgan fingerprint density at radius 3 is 2.67 bits per heavy atom. The maximum Gasteiger partial charge on any atom is 0.139 e. The van der Waals surface area contributed by atoms with Crippen molar-refractivity contribution >= 4 is 28.1 Å². The van der Waals surface area contributed by atoms with Gasteiger partial charge in [-0.15, -0.1) is 0 Å². The number of nitrogen functional groups attached to an aromatic ring is 1. The molecule has 0 spiro atoms. The van der Waals surface area contributed by atoms with E-state index < -0.39 is 16.6 Å². The van der Waals surface area contributed by atoms with Crippen molar-refractivity contribution in [2.45, 2.75) is 10.6 Å². The second-order valence-corrected chi connectivity index (χ2v) is 5.62. The van der Waals surface area contributed by atoms with E-state index in [2.05, 4.69) is 0 Å². The van der Waals surface area contributed by atoms with Crippen molar-refractivity contribution in [2.75, 3.05) is 5.73 Å². The lowest BCUT2D eigenvalue weighted by Gasteiger charge is -2.07. The summed E-state index contributed by atoms with van der Waals surface area (Å²) in [5.41, 5.74) is 6.93. The summed E-state index contributed by atoms with van der Waals surface area (Å²) in [4.78, 5) is 0.178. The van der Waals surface area contributed by atoms with Gasteiger partial charge in [-0.1, -0.05) is 23.7 Å².